The van der Waals surface area contributed by atoms with Gasteiger partial charge in [0, 0.05) is 6.42 Å². The Labute approximate surface area is 282 Å². The zero-order chi connectivity index (χ0) is 32.9. The highest BCUT2D eigenvalue weighted by Gasteiger charge is 2.18. The zero-order valence-corrected chi connectivity index (χ0v) is 30.7. The first-order valence-corrected chi connectivity index (χ1v) is 20.4. The van der Waals surface area contributed by atoms with Gasteiger partial charge in [-0.2, -0.15) is 0 Å². The van der Waals surface area contributed by atoms with Gasteiger partial charge >= 0.3 is 0 Å². The van der Waals surface area contributed by atoms with E-state index < -0.39 is 13.0 Å². The Morgan fingerprint density at radius 3 is 1.09 bits per heavy atom. The van der Waals surface area contributed by atoms with Crippen LogP contribution >= 0.6 is 0 Å². The van der Waals surface area contributed by atoms with E-state index in [9.17, 15) is 15.0 Å². The Bertz CT molecular complexity index is 608. The standard InChI is InChI=1S/C41H81NO3/c1-3-5-7-9-11-13-15-17-18-19-20-21-22-23-24-26-28-30-32-34-36-38-41(45)42(39-43)40(44)37-35-33-31-29-27-25-16-14-12-10-8-6-4-2/h35,37,40,43-44H,3-34,36,38-39H2,1-2H3/b37-35+. The van der Waals surface area contributed by atoms with Crippen molar-refractivity contribution in [1.29, 1.82) is 0 Å². The summed E-state index contributed by atoms with van der Waals surface area (Å²) < 4.78 is 0. The number of hydrogen-bond donors (Lipinski definition) is 2. The van der Waals surface area contributed by atoms with Crippen LogP contribution in [0.1, 0.15) is 232 Å². The molecule has 0 radical (unpaired) electrons. The Balaban J connectivity index is 3.52. The average molecular weight is 636 g/mol. The van der Waals surface area contributed by atoms with Gasteiger partial charge in [-0.1, -0.05) is 213 Å². The molecule has 4 heteroatoms. The van der Waals surface area contributed by atoms with Crippen LogP contribution in [0.5, 0.6) is 0 Å². The molecule has 0 saturated heterocycles. The molecule has 45 heavy (non-hydrogen) atoms. The number of nitrogens with zero attached hydrogens (tertiary/aromatic N) is 1. The molecule has 1 unspecified atom stereocenters. The smallest absolute Gasteiger partial charge is 0.226 e. The van der Waals surface area contributed by atoms with Crippen molar-refractivity contribution in [3.05, 3.63) is 12.2 Å². The number of carbonyl (C=O) groups excluding carboxylic acids is 1. The minimum atomic E-state index is -1.02. The predicted molar refractivity (Wildman–Crippen MR) is 197 cm³/mol. The molecule has 1 atom stereocenters. The van der Waals surface area contributed by atoms with Crippen molar-refractivity contribution >= 4 is 5.91 Å². The molecule has 0 aromatic heterocycles. The summed E-state index contributed by atoms with van der Waals surface area (Å²) in [5.74, 6) is -0.151. The van der Waals surface area contributed by atoms with E-state index in [0.29, 0.717) is 6.42 Å². The topological polar surface area (TPSA) is 60.8 Å². The fourth-order valence-electron chi connectivity index (χ4n) is 6.41. The van der Waals surface area contributed by atoms with Gasteiger partial charge in [0.15, 0.2) is 0 Å². The van der Waals surface area contributed by atoms with E-state index in [4.69, 9.17) is 0 Å². The first-order chi connectivity index (χ1) is 22.2. The zero-order valence-electron chi connectivity index (χ0n) is 30.7. The fraction of sp³-hybridized carbons (Fsp3) is 0.927. The van der Waals surface area contributed by atoms with Crippen molar-refractivity contribution in [2.24, 2.45) is 0 Å². The van der Waals surface area contributed by atoms with E-state index in [-0.39, 0.29) is 5.91 Å². The first kappa shape index (κ1) is 44.1. The highest BCUT2D eigenvalue weighted by molar-refractivity contribution is 5.76. The van der Waals surface area contributed by atoms with Crippen molar-refractivity contribution in [1.82, 2.24) is 4.90 Å². The van der Waals surface area contributed by atoms with Gasteiger partial charge in [-0.15, -0.1) is 0 Å². The summed E-state index contributed by atoms with van der Waals surface area (Å²) in [5.41, 5.74) is 0. The van der Waals surface area contributed by atoms with Gasteiger partial charge in [0.05, 0.1) is 0 Å². The second kappa shape index (κ2) is 37.6. The van der Waals surface area contributed by atoms with E-state index in [2.05, 4.69) is 13.8 Å². The normalized spacial score (nSPS) is 12.4. The van der Waals surface area contributed by atoms with Crippen molar-refractivity contribution in [2.75, 3.05) is 6.73 Å². The molecule has 0 aliphatic carbocycles. The molecule has 0 aliphatic heterocycles. The summed E-state index contributed by atoms with van der Waals surface area (Å²) in [7, 11) is 0. The van der Waals surface area contributed by atoms with Gasteiger partial charge in [-0.3, -0.25) is 9.69 Å². The second-order valence-electron chi connectivity index (χ2n) is 14.0. The molecule has 4 nitrogen and oxygen atoms in total. The molecule has 1 amide bonds. The van der Waals surface area contributed by atoms with Crippen LogP contribution in [0, 0.1) is 0 Å². The summed E-state index contributed by atoms with van der Waals surface area (Å²) in [6, 6.07) is 0. The molecule has 0 aromatic rings. The van der Waals surface area contributed by atoms with Gasteiger partial charge in [-0.05, 0) is 25.3 Å². The molecule has 268 valence electrons. The number of rotatable bonds is 37. The van der Waals surface area contributed by atoms with Crippen molar-refractivity contribution in [3.63, 3.8) is 0 Å². The molecular formula is C41H81NO3. The van der Waals surface area contributed by atoms with Crippen LogP contribution in [0.4, 0.5) is 0 Å². The van der Waals surface area contributed by atoms with Crippen LogP contribution in [-0.4, -0.2) is 34.0 Å². The monoisotopic (exact) mass is 636 g/mol. The van der Waals surface area contributed by atoms with Gasteiger partial charge in [0.2, 0.25) is 5.91 Å². The molecule has 2 N–H and O–H groups in total. The Morgan fingerprint density at radius 1 is 0.489 bits per heavy atom. The summed E-state index contributed by atoms with van der Waals surface area (Å²) in [4.78, 5) is 13.7. The average Bonchev–Trinajstić information content (AvgIpc) is 3.04. The third kappa shape index (κ3) is 32.8. The second-order valence-corrected chi connectivity index (χ2v) is 14.0. The number of hydrogen-bond acceptors (Lipinski definition) is 3. The molecule has 0 spiro atoms. The third-order valence-electron chi connectivity index (χ3n) is 9.57. The minimum absolute atomic E-state index is 0.151. The van der Waals surface area contributed by atoms with Gasteiger partial charge in [-0.25, -0.2) is 0 Å². The lowest BCUT2D eigenvalue weighted by Gasteiger charge is -2.23. The van der Waals surface area contributed by atoms with E-state index in [1.165, 1.54) is 191 Å². The first-order valence-electron chi connectivity index (χ1n) is 20.4. The maximum atomic E-state index is 12.5. The maximum absolute atomic E-state index is 12.5. The summed E-state index contributed by atoms with van der Waals surface area (Å²) >= 11 is 0. The lowest BCUT2D eigenvalue weighted by Crippen LogP contribution is -2.39. The molecule has 0 aromatic carbocycles. The van der Waals surface area contributed by atoms with Crippen LogP contribution in [0.15, 0.2) is 12.2 Å². The Kier molecular flexibility index (Phi) is 36.9. The molecule has 0 heterocycles. The summed E-state index contributed by atoms with van der Waals surface area (Å²) in [6.07, 6.45) is 46.8. The van der Waals surface area contributed by atoms with Gasteiger partial charge < -0.3 is 10.2 Å². The molecule has 0 bridgehead atoms. The van der Waals surface area contributed by atoms with Crippen LogP contribution in [0.2, 0.25) is 0 Å². The summed E-state index contributed by atoms with van der Waals surface area (Å²) in [5, 5.41) is 20.0. The van der Waals surface area contributed by atoms with E-state index in [0.717, 1.165) is 25.7 Å². The van der Waals surface area contributed by atoms with Crippen LogP contribution in [-0.2, 0) is 4.79 Å². The number of unbranched alkanes of at least 4 members (excludes halogenated alkanes) is 31. The molecular weight excluding hydrogens is 554 g/mol. The van der Waals surface area contributed by atoms with Crippen LogP contribution in [0.25, 0.3) is 0 Å². The Morgan fingerprint density at radius 2 is 0.778 bits per heavy atom. The lowest BCUT2D eigenvalue weighted by molar-refractivity contribution is -0.144. The maximum Gasteiger partial charge on any atom is 0.226 e. The van der Waals surface area contributed by atoms with E-state index in [1.807, 2.05) is 6.08 Å². The SMILES string of the molecule is CCCCCCCCCCCCC/C=C/C(O)N(CO)C(=O)CCCCCCCCCCCCCCCCCCCCCCC. The minimum Gasteiger partial charge on any atom is -0.376 e. The van der Waals surface area contributed by atoms with Crippen LogP contribution in [0.3, 0.4) is 0 Å². The predicted octanol–water partition coefficient (Wildman–Crippen LogP) is 12.9. The molecule has 0 rings (SSSR count). The summed E-state index contributed by atoms with van der Waals surface area (Å²) in [6.45, 7) is 4.13. The number of allylic oxidation sites excluding steroid dienone is 1. The number of aliphatic hydroxyl groups is 2. The van der Waals surface area contributed by atoms with Crippen LogP contribution < -0.4 is 0 Å². The Hall–Kier alpha value is -0.870. The quantitative estimate of drug-likeness (QED) is 0.0405. The van der Waals surface area contributed by atoms with Gasteiger partial charge in [0.1, 0.15) is 13.0 Å². The lowest BCUT2D eigenvalue weighted by atomic mass is 10.0. The largest absolute Gasteiger partial charge is 0.376 e. The highest BCUT2D eigenvalue weighted by Crippen LogP contribution is 2.16. The highest BCUT2D eigenvalue weighted by atomic mass is 16.3. The van der Waals surface area contributed by atoms with Crippen molar-refractivity contribution < 1.29 is 15.0 Å². The van der Waals surface area contributed by atoms with E-state index in [1.54, 1.807) is 6.08 Å². The number of aliphatic hydroxyl groups excluding tert-OH is 2. The number of carbonyl (C=O) groups is 1. The third-order valence-corrected chi connectivity index (χ3v) is 9.57. The molecule has 0 fully saturated rings. The number of amides is 1. The van der Waals surface area contributed by atoms with Gasteiger partial charge in [0.25, 0.3) is 0 Å². The van der Waals surface area contributed by atoms with E-state index >= 15 is 0 Å². The molecule has 0 saturated carbocycles. The molecule has 0 aliphatic rings. The van der Waals surface area contributed by atoms with Crippen molar-refractivity contribution in [2.45, 2.75) is 238 Å². The fourth-order valence-corrected chi connectivity index (χ4v) is 6.41. The van der Waals surface area contributed by atoms with Crippen molar-refractivity contribution in [3.8, 4) is 0 Å².